The van der Waals surface area contributed by atoms with Gasteiger partial charge in [-0.3, -0.25) is 14.5 Å². The zero-order valence-electron chi connectivity index (χ0n) is 10.4. The van der Waals surface area contributed by atoms with Gasteiger partial charge >= 0.3 is 6.03 Å². The number of aliphatic hydroxyl groups is 1. The highest BCUT2D eigenvalue weighted by molar-refractivity contribution is 6.04. The molecular weight excluding hydrogens is 242 g/mol. The molecule has 0 saturated carbocycles. The number of nitrogens with zero attached hydrogens (tertiary/aromatic N) is 2. The van der Waals surface area contributed by atoms with Gasteiger partial charge < -0.3 is 20.1 Å². The quantitative estimate of drug-likeness (QED) is 0.538. The topological polar surface area (TPSA) is 99.2 Å². The first-order chi connectivity index (χ1) is 8.45. The summed E-state index contributed by atoms with van der Waals surface area (Å²) in [4.78, 5) is 36.4. The Morgan fingerprint density at radius 3 is 2.72 bits per heavy atom. The van der Waals surface area contributed by atoms with E-state index < -0.39 is 23.9 Å². The number of carbonyl (C=O) groups excluding carboxylic acids is 3. The molecule has 0 aliphatic carbocycles. The van der Waals surface area contributed by atoms with Gasteiger partial charge in [-0.1, -0.05) is 0 Å². The molecule has 0 radical (unpaired) electrons. The molecule has 1 unspecified atom stereocenters. The van der Waals surface area contributed by atoms with Crippen molar-refractivity contribution in [2.45, 2.75) is 6.10 Å². The summed E-state index contributed by atoms with van der Waals surface area (Å²) in [6, 6.07) is -0.493. The molecule has 1 fully saturated rings. The van der Waals surface area contributed by atoms with Crippen molar-refractivity contribution in [2.24, 2.45) is 0 Å². The number of aliphatic hydroxyl groups excluding tert-OH is 1. The second-order valence-corrected chi connectivity index (χ2v) is 4.03. The van der Waals surface area contributed by atoms with Crippen LogP contribution < -0.4 is 5.32 Å². The molecule has 0 aromatic rings. The van der Waals surface area contributed by atoms with Crippen LogP contribution in [0.15, 0.2) is 0 Å². The van der Waals surface area contributed by atoms with Gasteiger partial charge in [0.2, 0.25) is 5.91 Å². The van der Waals surface area contributed by atoms with Crippen LogP contribution in [0.25, 0.3) is 0 Å². The molecule has 18 heavy (non-hydrogen) atoms. The summed E-state index contributed by atoms with van der Waals surface area (Å²) in [7, 11) is 2.92. The maximum Gasteiger partial charge on any atom is 0.327 e. The van der Waals surface area contributed by atoms with Gasteiger partial charge in [0.05, 0.1) is 12.7 Å². The van der Waals surface area contributed by atoms with Crippen LogP contribution in [0, 0.1) is 0 Å². The summed E-state index contributed by atoms with van der Waals surface area (Å²) >= 11 is 0. The van der Waals surface area contributed by atoms with E-state index in [-0.39, 0.29) is 26.2 Å². The summed E-state index contributed by atoms with van der Waals surface area (Å²) in [5.74, 6) is -0.905. The molecule has 0 aromatic heterocycles. The zero-order chi connectivity index (χ0) is 13.7. The maximum absolute atomic E-state index is 11.5. The smallest absolute Gasteiger partial charge is 0.327 e. The molecule has 0 spiro atoms. The van der Waals surface area contributed by atoms with Crippen molar-refractivity contribution in [3.8, 4) is 0 Å². The first kappa shape index (κ1) is 14.4. The number of hydrogen-bond donors (Lipinski definition) is 2. The Hall–Kier alpha value is -1.67. The zero-order valence-corrected chi connectivity index (χ0v) is 10.4. The summed E-state index contributed by atoms with van der Waals surface area (Å²) in [6.07, 6.45) is -0.813. The molecule has 1 aliphatic rings. The lowest BCUT2D eigenvalue weighted by atomic mass is 10.3. The second-order valence-electron chi connectivity index (χ2n) is 4.03. The first-order valence-corrected chi connectivity index (χ1v) is 5.45. The predicted molar refractivity (Wildman–Crippen MR) is 60.6 cm³/mol. The van der Waals surface area contributed by atoms with Gasteiger partial charge in [0, 0.05) is 20.7 Å². The Morgan fingerprint density at radius 1 is 1.56 bits per heavy atom. The van der Waals surface area contributed by atoms with Gasteiger partial charge in [0.1, 0.15) is 13.1 Å². The Morgan fingerprint density at radius 2 is 2.22 bits per heavy atom. The minimum atomic E-state index is -0.813. The van der Waals surface area contributed by atoms with Gasteiger partial charge in [0.15, 0.2) is 0 Å². The van der Waals surface area contributed by atoms with E-state index in [1.54, 1.807) is 0 Å². The van der Waals surface area contributed by atoms with Crippen LogP contribution in [-0.2, 0) is 14.3 Å². The average Bonchev–Trinajstić information content (AvgIpc) is 2.54. The van der Waals surface area contributed by atoms with E-state index in [1.165, 1.54) is 19.1 Å². The van der Waals surface area contributed by atoms with E-state index >= 15 is 0 Å². The number of methoxy groups -OCH3 is 1. The Balaban J connectivity index is 2.36. The number of nitrogens with one attached hydrogen (secondary N) is 1. The third-order valence-electron chi connectivity index (χ3n) is 2.43. The van der Waals surface area contributed by atoms with Gasteiger partial charge in [0.25, 0.3) is 5.91 Å². The number of rotatable bonds is 6. The number of amides is 4. The summed E-state index contributed by atoms with van der Waals surface area (Å²) < 4.78 is 4.69. The van der Waals surface area contributed by atoms with Crippen molar-refractivity contribution < 1.29 is 24.2 Å². The highest BCUT2D eigenvalue weighted by Crippen LogP contribution is 2.06. The van der Waals surface area contributed by atoms with Gasteiger partial charge in [-0.2, -0.15) is 0 Å². The molecule has 0 aromatic carbocycles. The van der Waals surface area contributed by atoms with Gasteiger partial charge in [-0.15, -0.1) is 0 Å². The number of ether oxygens (including phenoxy) is 1. The third-order valence-corrected chi connectivity index (χ3v) is 2.43. The number of likely N-dealkylation sites (N-methyl/N-ethyl adjacent to an activating group) is 1. The lowest BCUT2D eigenvalue weighted by Crippen LogP contribution is -2.43. The number of imide groups is 1. The fourth-order valence-electron chi connectivity index (χ4n) is 1.51. The van der Waals surface area contributed by atoms with Crippen LogP contribution in [0.5, 0.6) is 0 Å². The predicted octanol–water partition coefficient (Wildman–Crippen LogP) is -2.00. The molecular formula is C10H17N3O5. The SMILES string of the molecule is COCC(O)CNC(=O)CN1C(=O)CN(C)C1=O. The van der Waals surface area contributed by atoms with E-state index in [9.17, 15) is 19.5 Å². The standard InChI is InChI=1S/C10H17N3O5/c1-12-5-9(16)13(10(12)17)4-8(15)11-3-7(14)6-18-2/h7,14H,3-6H2,1-2H3,(H,11,15). The summed E-state index contributed by atoms with van der Waals surface area (Å²) in [6.45, 7) is -0.233. The van der Waals surface area contributed by atoms with Crippen LogP contribution >= 0.6 is 0 Å². The Labute approximate surface area is 104 Å². The number of carbonyl (C=O) groups is 3. The minimum Gasteiger partial charge on any atom is -0.389 e. The monoisotopic (exact) mass is 259 g/mol. The van der Waals surface area contributed by atoms with Gasteiger partial charge in [-0.25, -0.2) is 4.79 Å². The lowest BCUT2D eigenvalue weighted by molar-refractivity contribution is -0.130. The summed E-state index contributed by atoms with van der Waals surface area (Å²) in [5, 5.41) is 11.7. The molecule has 4 amide bonds. The minimum absolute atomic E-state index is 0.0126. The average molecular weight is 259 g/mol. The van der Waals surface area contributed by atoms with Crippen LogP contribution in [0.1, 0.15) is 0 Å². The van der Waals surface area contributed by atoms with Crippen molar-refractivity contribution >= 4 is 17.8 Å². The normalized spacial score (nSPS) is 17.3. The van der Waals surface area contributed by atoms with E-state index in [1.807, 2.05) is 0 Å². The van der Waals surface area contributed by atoms with E-state index in [0.29, 0.717) is 0 Å². The molecule has 8 nitrogen and oxygen atoms in total. The van der Waals surface area contributed by atoms with Crippen molar-refractivity contribution in [3.63, 3.8) is 0 Å². The van der Waals surface area contributed by atoms with Crippen LogP contribution in [0.2, 0.25) is 0 Å². The van der Waals surface area contributed by atoms with Crippen molar-refractivity contribution in [2.75, 3.05) is 40.4 Å². The number of urea groups is 1. The molecule has 1 rings (SSSR count). The lowest BCUT2D eigenvalue weighted by Gasteiger charge is -2.15. The molecule has 102 valence electrons. The second kappa shape index (κ2) is 6.31. The van der Waals surface area contributed by atoms with E-state index in [2.05, 4.69) is 5.32 Å². The van der Waals surface area contributed by atoms with Crippen molar-refractivity contribution in [1.29, 1.82) is 0 Å². The third kappa shape index (κ3) is 3.67. The molecule has 1 saturated heterocycles. The largest absolute Gasteiger partial charge is 0.389 e. The highest BCUT2D eigenvalue weighted by Gasteiger charge is 2.34. The highest BCUT2D eigenvalue weighted by atomic mass is 16.5. The number of hydrogen-bond acceptors (Lipinski definition) is 5. The molecule has 0 bridgehead atoms. The molecule has 1 aliphatic heterocycles. The van der Waals surface area contributed by atoms with Crippen LogP contribution in [0.3, 0.4) is 0 Å². The fraction of sp³-hybridized carbons (Fsp3) is 0.700. The van der Waals surface area contributed by atoms with E-state index in [0.717, 1.165) is 4.90 Å². The summed E-state index contributed by atoms with van der Waals surface area (Å²) in [5.41, 5.74) is 0. The van der Waals surface area contributed by atoms with E-state index in [4.69, 9.17) is 4.74 Å². The molecule has 1 heterocycles. The van der Waals surface area contributed by atoms with Gasteiger partial charge in [-0.05, 0) is 0 Å². The Kier molecular flexibility index (Phi) is 5.05. The molecule has 8 heteroatoms. The van der Waals surface area contributed by atoms with Crippen LogP contribution in [0.4, 0.5) is 4.79 Å². The maximum atomic E-state index is 11.5. The first-order valence-electron chi connectivity index (χ1n) is 5.45. The fourth-order valence-corrected chi connectivity index (χ4v) is 1.51. The van der Waals surface area contributed by atoms with Crippen molar-refractivity contribution in [3.05, 3.63) is 0 Å². The molecule has 1 atom stereocenters. The Bertz CT molecular complexity index is 346. The molecule has 2 N–H and O–H groups in total. The van der Waals surface area contributed by atoms with Crippen molar-refractivity contribution in [1.82, 2.24) is 15.1 Å². The van der Waals surface area contributed by atoms with Crippen LogP contribution in [-0.4, -0.2) is 79.3 Å².